The average Bonchev–Trinajstić information content (AvgIpc) is 3.27. The number of hydrogen-bond donors (Lipinski definition) is 0. The van der Waals surface area contributed by atoms with Crippen LogP contribution in [0.5, 0.6) is 0 Å². The summed E-state index contributed by atoms with van der Waals surface area (Å²) >= 11 is 1.52. The van der Waals surface area contributed by atoms with Crippen LogP contribution in [0.25, 0.3) is 11.2 Å². The number of ketones is 1. The summed E-state index contributed by atoms with van der Waals surface area (Å²) in [5.74, 6) is 0.0404. The van der Waals surface area contributed by atoms with Crippen LogP contribution in [0.2, 0.25) is 0 Å². The maximum atomic E-state index is 12.8. The van der Waals surface area contributed by atoms with Gasteiger partial charge in [0.25, 0.3) is 0 Å². The number of fused-ring (bicyclic) bond motifs is 1. The Morgan fingerprint density at radius 3 is 2.96 bits per heavy atom. The first-order chi connectivity index (χ1) is 11.6. The van der Waals surface area contributed by atoms with Crippen molar-refractivity contribution in [1.82, 2.24) is 14.4 Å². The topological polar surface area (TPSA) is 59.6 Å². The minimum absolute atomic E-state index is 0.0404. The molecule has 0 bridgehead atoms. The number of aryl methyl sites for hydroxylation is 1. The van der Waals surface area contributed by atoms with E-state index in [-0.39, 0.29) is 5.78 Å². The summed E-state index contributed by atoms with van der Waals surface area (Å²) in [7, 11) is 0. The van der Waals surface area contributed by atoms with Gasteiger partial charge < -0.3 is 4.40 Å². The normalized spacial score (nSPS) is 14.1. The van der Waals surface area contributed by atoms with Crippen LogP contribution >= 0.6 is 11.3 Å². The average molecular weight is 336 g/mol. The van der Waals surface area contributed by atoms with Crippen LogP contribution in [0.3, 0.4) is 0 Å². The van der Waals surface area contributed by atoms with Gasteiger partial charge in [-0.15, -0.1) is 11.3 Å². The van der Waals surface area contributed by atoms with Crippen molar-refractivity contribution in [3.63, 3.8) is 0 Å². The van der Waals surface area contributed by atoms with Gasteiger partial charge in [-0.1, -0.05) is 0 Å². The molecule has 5 nitrogen and oxygen atoms in total. The lowest BCUT2D eigenvalue weighted by Gasteiger charge is -2.08. The SMILES string of the molecule is CC1=NCC(c2cc(C(=O)Cc3nc(C)cs3)c3nccn3c2)=C1. The molecule has 0 radical (unpaired) electrons. The van der Waals surface area contributed by atoms with Crippen molar-refractivity contribution in [3.05, 3.63) is 57.9 Å². The Morgan fingerprint density at radius 1 is 1.38 bits per heavy atom. The number of nitrogens with zero attached hydrogens (tertiary/aromatic N) is 4. The Bertz CT molecular complexity index is 1010. The van der Waals surface area contributed by atoms with Crippen LogP contribution in [0.4, 0.5) is 0 Å². The maximum absolute atomic E-state index is 12.8. The fourth-order valence-electron chi connectivity index (χ4n) is 2.86. The Balaban J connectivity index is 1.75. The van der Waals surface area contributed by atoms with Crippen LogP contribution in [-0.4, -0.2) is 32.4 Å². The summed E-state index contributed by atoms with van der Waals surface area (Å²) in [6, 6.07) is 1.94. The molecule has 3 aromatic heterocycles. The predicted octanol–water partition coefficient (Wildman–Crippen LogP) is 3.38. The van der Waals surface area contributed by atoms with Crippen LogP contribution in [0, 0.1) is 6.92 Å². The van der Waals surface area contributed by atoms with Gasteiger partial charge in [0.15, 0.2) is 5.78 Å². The molecule has 24 heavy (non-hydrogen) atoms. The first kappa shape index (κ1) is 15.0. The monoisotopic (exact) mass is 336 g/mol. The first-order valence-electron chi connectivity index (χ1n) is 7.73. The van der Waals surface area contributed by atoms with Gasteiger partial charge >= 0.3 is 0 Å². The molecule has 0 saturated heterocycles. The van der Waals surface area contributed by atoms with Crippen molar-refractivity contribution in [2.45, 2.75) is 20.3 Å². The zero-order valence-corrected chi connectivity index (χ0v) is 14.3. The molecule has 0 spiro atoms. The Labute approximate surface area is 143 Å². The molecule has 0 fully saturated rings. The minimum Gasteiger partial charge on any atom is -0.306 e. The van der Waals surface area contributed by atoms with Crippen molar-refractivity contribution < 1.29 is 4.79 Å². The summed E-state index contributed by atoms with van der Waals surface area (Å²) in [5, 5.41) is 2.81. The van der Waals surface area contributed by atoms with Crippen molar-refractivity contribution >= 4 is 34.1 Å². The van der Waals surface area contributed by atoms with Crippen LogP contribution < -0.4 is 0 Å². The van der Waals surface area contributed by atoms with Crippen LogP contribution in [0.15, 0.2) is 41.1 Å². The molecule has 6 heteroatoms. The van der Waals surface area contributed by atoms with Crippen molar-refractivity contribution in [2.24, 2.45) is 4.99 Å². The maximum Gasteiger partial charge on any atom is 0.173 e. The molecule has 0 aromatic carbocycles. The number of hydrogen-bond acceptors (Lipinski definition) is 5. The lowest BCUT2D eigenvalue weighted by atomic mass is 10.0. The number of aliphatic imine (C=N–C) groups is 1. The van der Waals surface area contributed by atoms with Gasteiger partial charge in [-0.2, -0.15) is 0 Å². The Morgan fingerprint density at radius 2 is 2.25 bits per heavy atom. The first-order valence-corrected chi connectivity index (χ1v) is 8.61. The number of thiazole rings is 1. The molecule has 1 aliphatic rings. The number of pyridine rings is 1. The smallest absolute Gasteiger partial charge is 0.173 e. The Kier molecular flexibility index (Phi) is 3.61. The fourth-order valence-corrected chi connectivity index (χ4v) is 3.63. The number of carbonyl (C=O) groups is 1. The minimum atomic E-state index is 0.0404. The summed E-state index contributed by atoms with van der Waals surface area (Å²) in [4.78, 5) is 26.0. The summed E-state index contributed by atoms with van der Waals surface area (Å²) < 4.78 is 1.91. The van der Waals surface area contributed by atoms with E-state index < -0.39 is 0 Å². The molecule has 4 rings (SSSR count). The molecule has 4 heterocycles. The van der Waals surface area contributed by atoms with Gasteiger partial charge in [0.2, 0.25) is 0 Å². The fraction of sp³-hybridized carbons (Fsp3) is 0.222. The van der Waals surface area contributed by atoms with E-state index in [1.165, 1.54) is 11.3 Å². The van der Waals surface area contributed by atoms with E-state index >= 15 is 0 Å². The third-order valence-corrected chi connectivity index (χ3v) is 4.99. The standard InChI is InChI=1S/C18H16N4OS/c1-11-5-13(8-20-11)14-6-15(18-19-3-4-22(18)9-14)16(23)7-17-21-12(2)10-24-17/h3-6,9-10H,7-8H2,1-2H3. The highest BCUT2D eigenvalue weighted by Crippen LogP contribution is 2.24. The molecule has 0 amide bonds. The quantitative estimate of drug-likeness (QED) is 0.686. The predicted molar refractivity (Wildman–Crippen MR) is 96.0 cm³/mol. The van der Waals surface area contributed by atoms with Gasteiger partial charge in [0.1, 0.15) is 10.7 Å². The molecular weight excluding hydrogens is 320 g/mol. The summed E-state index contributed by atoms with van der Waals surface area (Å²) in [6.07, 6.45) is 7.96. The van der Waals surface area contributed by atoms with Crippen molar-refractivity contribution in [3.8, 4) is 0 Å². The lowest BCUT2D eigenvalue weighted by molar-refractivity contribution is 0.0994. The highest BCUT2D eigenvalue weighted by molar-refractivity contribution is 7.09. The van der Waals surface area contributed by atoms with Gasteiger partial charge in [0, 0.05) is 35.4 Å². The van der Waals surface area contributed by atoms with Gasteiger partial charge in [-0.3, -0.25) is 9.79 Å². The second-order valence-electron chi connectivity index (χ2n) is 5.91. The molecule has 0 atom stereocenters. The Hall–Kier alpha value is -2.60. The molecule has 1 aliphatic heterocycles. The molecule has 3 aromatic rings. The largest absolute Gasteiger partial charge is 0.306 e. The third-order valence-electron chi connectivity index (χ3n) is 4.02. The highest BCUT2D eigenvalue weighted by atomic mass is 32.1. The molecule has 0 saturated carbocycles. The molecule has 0 N–H and O–H groups in total. The van der Waals surface area contributed by atoms with Crippen LogP contribution in [0.1, 0.15) is 33.5 Å². The van der Waals surface area contributed by atoms with E-state index in [4.69, 9.17) is 0 Å². The zero-order valence-electron chi connectivity index (χ0n) is 13.5. The third kappa shape index (κ3) is 2.69. The van der Waals surface area contributed by atoms with E-state index in [1.54, 1.807) is 6.20 Å². The van der Waals surface area contributed by atoms with E-state index in [2.05, 4.69) is 21.0 Å². The van der Waals surface area contributed by atoms with E-state index in [9.17, 15) is 4.79 Å². The summed E-state index contributed by atoms with van der Waals surface area (Å²) in [5.41, 5.74) is 5.43. The zero-order chi connectivity index (χ0) is 16.7. The molecular formula is C18H16N4OS. The molecule has 0 unspecified atom stereocenters. The van der Waals surface area contributed by atoms with E-state index in [0.717, 1.165) is 27.5 Å². The van der Waals surface area contributed by atoms with Gasteiger partial charge in [-0.05, 0) is 37.1 Å². The number of Topliss-reactive ketones (excluding diaryl/α,β-unsaturated/α-hetero) is 1. The highest BCUT2D eigenvalue weighted by Gasteiger charge is 2.17. The summed E-state index contributed by atoms with van der Waals surface area (Å²) in [6.45, 7) is 4.58. The van der Waals surface area contributed by atoms with Gasteiger partial charge in [-0.25, -0.2) is 9.97 Å². The number of rotatable bonds is 4. The number of imidazole rings is 1. The number of aromatic nitrogens is 3. The van der Waals surface area contributed by atoms with Crippen LogP contribution in [-0.2, 0) is 6.42 Å². The van der Waals surface area contributed by atoms with E-state index in [0.29, 0.717) is 24.2 Å². The second kappa shape index (κ2) is 5.79. The number of allylic oxidation sites excluding steroid dienone is 1. The van der Waals surface area contributed by atoms with Gasteiger partial charge in [0.05, 0.1) is 18.5 Å². The number of carbonyl (C=O) groups excluding carboxylic acids is 1. The lowest BCUT2D eigenvalue weighted by Crippen LogP contribution is -2.07. The van der Waals surface area contributed by atoms with E-state index in [1.807, 2.05) is 42.1 Å². The second-order valence-corrected chi connectivity index (χ2v) is 6.85. The molecule has 0 aliphatic carbocycles. The molecule has 120 valence electrons. The van der Waals surface area contributed by atoms with Crippen molar-refractivity contribution in [2.75, 3.05) is 6.54 Å². The van der Waals surface area contributed by atoms with Crippen molar-refractivity contribution in [1.29, 1.82) is 0 Å².